The van der Waals surface area contributed by atoms with E-state index in [0.29, 0.717) is 29.2 Å². The molecule has 7 nitrogen and oxygen atoms in total. The molecule has 1 amide bonds. The first-order chi connectivity index (χ1) is 13.4. The lowest BCUT2D eigenvalue weighted by molar-refractivity contribution is -0.113. The number of halogens is 1. The van der Waals surface area contributed by atoms with Gasteiger partial charge in [-0.15, -0.1) is 11.8 Å². The second-order valence-corrected chi connectivity index (χ2v) is 7.23. The maximum Gasteiger partial charge on any atom is 0.255 e. The molecule has 0 radical (unpaired) electrons. The molecule has 2 aromatic heterocycles. The Morgan fingerprint density at radius 2 is 2.00 bits per heavy atom. The van der Waals surface area contributed by atoms with E-state index in [0.717, 1.165) is 4.90 Å². The van der Waals surface area contributed by atoms with E-state index in [2.05, 4.69) is 20.4 Å². The highest BCUT2D eigenvalue weighted by Gasteiger charge is 2.15. The third-order valence-corrected chi connectivity index (χ3v) is 5.06. The summed E-state index contributed by atoms with van der Waals surface area (Å²) in [6, 6.07) is 7.64. The Kier molecular flexibility index (Phi) is 5.93. The number of hydrogen-bond acceptors (Lipinski definition) is 5. The lowest BCUT2D eigenvalue weighted by Crippen LogP contribution is -2.22. The predicted octanol–water partition coefficient (Wildman–Crippen LogP) is 3.00. The molecule has 0 fully saturated rings. The minimum atomic E-state index is -0.320. The van der Waals surface area contributed by atoms with Gasteiger partial charge in [0, 0.05) is 22.2 Å². The van der Waals surface area contributed by atoms with Crippen LogP contribution in [0.1, 0.15) is 23.9 Å². The predicted molar refractivity (Wildman–Crippen MR) is 107 cm³/mol. The topological polar surface area (TPSA) is 92.7 Å². The molecule has 0 unspecified atom stereocenters. The maximum atomic E-state index is 13.0. The summed E-state index contributed by atoms with van der Waals surface area (Å²) in [5.41, 5.74) is 1.69. The van der Waals surface area contributed by atoms with Crippen LogP contribution in [0.2, 0.25) is 0 Å². The van der Waals surface area contributed by atoms with Gasteiger partial charge in [-0.05, 0) is 44.5 Å². The van der Waals surface area contributed by atoms with Crippen molar-refractivity contribution in [1.82, 2.24) is 19.7 Å². The first-order valence-electron chi connectivity index (χ1n) is 8.72. The van der Waals surface area contributed by atoms with Gasteiger partial charge in [0.05, 0.1) is 11.4 Å². The fourth-order valence-electron chi connectivity index (χ4n) is 2.72. The molecule has 0 aliphatic carbocycles. The van der Waals surface area contributed by atoms with Gasteiger partial charge in [-0.2, -0.15) is 9.78 Å². The van der Waals surface area contributed by atoms with Gasteiger partial charge in [0.25, 0.3) is 5.56 Å². The van der Waals surface area contributed by atoms with Crippen LogP contribution in [0.5, 0.6) is 0 Å². The van der Waals surface area contributed by atoms with Crippen molar-refractivity contribution in [3.8, 4) is 5.95 Å². The second-order valence-electron chi connectivity index (χ2n) is 6.18. The van der Waals surface area contributed by atoms with Crippen molar-refractivity contribution in [2.75, 3.05) is 11.1 Å². The number of aryl methyl sites for hydroxylation is 2. The Hall–Kier alpha value is -2.94. The number of hydrogen-bond donors (Lipinski definition) is 2. The van der Waals surface area contributed by atoms with E-state index in [-0.39, 0.29) is 29.0 Å². The number of nitrogens with zero attached hydrogens (tertiary/aromatic N) is 3. The van der Waals surface area contributed by atoms with Gasteiger partial charge in [0.15, 0.2) is 0 Å². The Morgan fingerprint density at radius 3 is 2.64 bits per heavy atom. The summed E-state index contributed by atoms with van der Waals surface area (Å²) < 4.78 is 14.4. The largest absolute Gasteiger partial charge is 0.310 e. The highest BCUT2D eigenvalue weighted by molar-refractivity contribution is 8.00. The van der Waals surface area contributed by atoms with Gasteiger partial charge in [-0.25, -0.2) is 9.37 Å². The van der Waals surface area contributed by atoms with Gasteiger partial charge < -0.3 is 5.32 Å². The number of H-pyrrole nitrogens is 1. The third-order valence-electron chi connectivity index (χ3n) is 4.05. The number of anilines is 1. The number of nitrogens with one attached hydrogen (secondary N) is 2. The van der Waals surface area contributed by atoms with Crippen molar-refractivity contribution in [3.05, 3.63) is 63.5 Å². The molecule has 1 aromatic carbocycles. The monoisotopic (exact) mass is 401 g/mol. The summed E-state index contributed by atoms with van der Waals surface area (Å²) in [7, 11) is 0. The molecule has 3 aromatic rings. The molecule has 146 valence electrons. The third kappa shape index (κ3) is 4.48. The highest BCUT2D eigenvalue weighted by Crippen LogP contribution is 2.19. The van der Waals surface area contributed by atoms with Crippen LogP contribution in [0.4, 0.5) is 10.2 Å². The summed E-state index contributed by atoms with van der Waals surface area (Å²) in [4.78, 5) is 32.5. The minimum absolute atomic E-state index is 0.146. The molecule has 0 aliphatic rings. The second kappa shape index (κ2) is 8.39. The highest BCUT2D eigenvalue weighted by atomic mass is 32.2. The zero-order valence-electron chi connectivity index (χ0n) is 15.7. The number of carbonyl (C=O) groups excluding carboxylic acids is 1. The number of rotatable bonds is 6. The molecule has 0 saturated heterocycles. The first-order valence-corrected chi connectivity index (χ1v) is 9.71. The van der Waals surface area contributed by atoms with Crippen molar-refractivity contribution < 1.29 is 9.18 Å². The molecule has 3 rings (SSSR count). The van der Waals surface area contributed by atoms with Gasteiger partial charge in [-0.1, -0.05) is 6.92 Å². The lowest BCUT2D eigenvalue weighted by atomic mass is 10.2. The van der Waals surface area contributed by atoms with E-state index in [1.165, 1.54) is 28.6 Å². The standard InChI is InChI=1S/C19H20FN5O2S/c1-4-15-12(3)21-19(23-18(15)27)25-16(9-11(2)24-25)22-17(26)10-28-14-7-5-13(20)6-8-14/h5-9H,4,10H2,1-3H3,(H,22,26)(H,21,23,27). The van der Waals surface area contributed by atoms with Crippen molar-refractivity contribution in [2.24, 2.45) is 0 Å². The molecule has 0 spiro atoms. The normalized spacial score (nSPS) is 10.9. The first kappa shape index (κ1) is 19.8. The summed E-state index contributed by atoms with van der Waals surface area (Å²) in [5, 5.41) is 7.10. The Balaban J connectivity index is 1.78. The maximum absolute atomic E-state index is 13.0. The van der Waals surface area contributed by atoms with Gasteiger partial charge in [-0.3, -0.25) is 14.6 Å². The van der Waals surface area contributed by atoms with Crippen LogP contribution in [0.15, 0.2) is 40.0 Å². The van der Waals surface area contributed by atoms with E-state index >= 15 is 0 Å². The summed E-state index contributed by atoms with van der Waals surface area (Å²) in [6.45, 7) is 5.44. The van der Waals surface area contributed by atoms with E-state index in [9.17, 15) is 14.0 Å². The van der Waals surface area contributed by atoms with Crippen molar-refractivity contribution in [2.45, 2.75) is 32.1 Å². The van der Waals surface area contributed by atoms with Crippen molar-refractivity contribution >= 4 is 23.5 Å². The average Bonchev–Trinajstić information content (AvgIpc) is 3.01. The molecule has 9 heteroatoms. The summed E-state index contributed by atoms with van der Waals surface area (Å²) >= 11 is 1.29. The molecule has 0 aliphatic heterocycles. The number of thioether (sulfide) groups is 1. The fraction of sp³-hybridized carbons (Fsp3) is 0.263. The van der Waals surface area contributed by atoms with Gasteiger partial charge >= 0.3 is 0 Å². The molecular formula is C19H20FN5O2S. The zero-order chi connectivity index (χ0) is 20.3. The van der Waals surface area contributed by atoms with E-state index in [1.807, 2.05) is 6.92 Å². The Morgan fingerprint density at radius 1 is 1.29 bits per heavy atom. The molecular weight excluding hydrogens is 381 g/mol. The van der Waals surface area contributed by atoms with E-state index < -0.39 is 0 Å². The number of aromatic amines is 1. The Bertz CT molecular complexity index is 1060. The van der Waals surface area contributed by atoms with Gasteiger partial charge in [0.1, 0.15) is 11.6 Å². The van der Waals surface area contributed by atoms with Crippen LogP contribution >= 0.6 is 11.8 Å². The van der Waals surface area contributed by atoms with Crippen molar-refractivity contribution in [3.63, 3.8) is 0 Å². The number of amides is 1. The summed E-state index contributed by atoms with van der Waals surface area (Å²) in [6.07, 6.45) is 0.580. The Labute approximate surface area is 165 Å². The molecule has 2 heterocycles. The van der Waals surface area contributed by atoms with Gasteiger partial charge in [0.2, 0.25) is 11.9 Å². The van der Waals surface area contributed by atoms with Crippen molar-refractivity contribution in [1.29, 1.82) is 0 Å². The minimum Gasteiger partial charge on any atom is -0.310 e. The SMILES string of the molecule is CCc1c(C)nc(-n2nc(C)cc2NC(=O)CSc2ccc(F)cc2)[nH]c1=O. The number of aromatic nitrogens is 4. The molecule has 2 N–H and O–H groups in total. The quantitative estimate of drug-likeness (QED) is 0.620. The van der Waals surface area contributed by atoms with E-state index in [1.54, 1.807) is 32.0 Å². The zero-order valence-corrected chi connectivity index (χ0v) is 16.6. The van der Waals surface area contributed by atoms with E-state index in [4.69, 9.17) is 0 Å². The molecule has 0 bridgehead atoms. The summed E-state index contributed by atoms with van der Waals surface area (Å²) in [5.74, 6) is 0.232. The van der Waals surface area contributed by atoms with Crippen LogP contribution in [-0.4, -0.2) is 31.4 Å². The number of carbonyl (C=O) groups is 1. The fourth-order valence-corrected chi connectivity index (χ4v) is 3.42. The van der Waals surface area contributed by atoms with Crippen LogP contribution in [-0.2, 0) is 11.2 Å². The average molecular weight is 401 g/mol. The molecule has 0 atom stereocenters. The lowest BCUT2D eigenvalue weighted by Gasteiger charge is -2.10. The molecule has 0 saturated carbocycles. The molecule has 28 heavy (non-hydrogen) atoms. The van der Waals surface area contributed by atoms with Crippen LogP contribution in [0.25, 0.3) is 5.95 Å². The van der Waals surface area contributed by atoms with Crippen LogP contribution in [0.3, 0.4) is 0 Å². The van der Waals surface area contributed by atoms with Crippen LogP contribution < -0.4 is 10.9 Å². The van der Waals surface area contributed by atoms with Crippen LogP contribution in [0, 0.1) is 19.7 Å². The smallest absolute Gasteiger partial charge is 0.255 e. The number of benzene rings is 1.